The van der Waals surface area contributed by atoms with Crippen LogP contribution >= 0.6 is 0 Å². The summed E-state index contributed by atoms with van der Waals surface area (Å²) in [4.78, 5) is 11.4. The van der Waals surface area contributed by atoms with Crippen LogP contribution in [0, 0.1) is 5.92 Å². The molecule has 4 nitrogen and oxygen atoms in total. The Morgan fingerprint density at radius 2 is 2.17 bits per heavy atom. The van der Waals surface area contributed by atoms with Crippen LogP contribution < -0.4 is 0 Å². The quantitative estimate of drug-likeness (QED) is 0.887. The summed E-state index contributed by atoms with van der Waals surface area (Å²) in [6.45, 7) is 6.08. The molecule has 1 aromatic rings. The van der Waals surface area contributed by atoms with E-state index in [1.807, 2.05) is 13.8 Å². The van der Waals surface area contributed by atoms with E-state index in [1.54, 1.807) is 0 Å². The monoisotopic (exact) mass is 251 g/mol. The molecule has 2 atom stereocenters. The van der Waals surface area contributed by atoms with Crippen LogP contribution in [0.3, 0.4) is 0 Å². The summed E-state index contributed by atoms with van der Waals surface area (Å²) in [5, 5.41) is 13.4. The molecule has 0 aromatic carbocycles. The van der Waals surface area contributed by atoms with Crippen LogP contribution in [-0.4, -0.2) is 16.2 Å². The molecule has 1 aliphatic carbocycles. The SMILES string of the molecule is CC1CCCC(c2noc(C(C)C)c2C(=O)O)C1. The van der Waals surface area contributed by atoms with Crippen LogP contribution in [0.5, 0.6) is 0 Å². The molecule has 0 bridgehead atoms. The molecule has 18 heavy (non-hydrogen) atoms. The second-order valence-electron chi connectivity index (χ2n) is 5.74. The zero-order valence-corrected chi connectivity index (χ0v) is 11.3. The Labute approximate surface area is 107 Å². The predicted octanol–water partition coefficient (Wildman–Crippen LogP) is 3.79. The van der Waals surface area contributed by atoms with Crippen molar-refractivity contribution in [1.29, 1.82) is 0 Å². The Balaban J connectivity index is 2.35. The lowest BCUT2D eigenvalue weighted by atomic mass is 9.79. The van der Waals surface area contributed by atoms with E-state index in [0.29, 0.717) is 22.9 Å². The van der Waals surface area contributed by atoms with Crippen molar-refractivity contribution < 1.29 is 14.4 Å². The third-order valence-electron chi connectivity index (χ3n) is 3.81. The standard InChI is InChI=1S/C14H21NO3/c1-8(2)13-11(14(16)17)12(15-18-13)10-6-4-5-9(3)7-10/h8-10H,4-7H2,1-3H3,(H,16,17). The first-order valence-electron chi connectivity index (χ1n) is 6.73. The molecule has 0 amide bonds. The molecule has 0 saturated heterocycles. The Kier molecular flexibility index (Phi) is 3.73. The van der Waals surface area contributed by atoms with Gasteiger partial charge in [-0.3, -0.25) is 0 Å². The van der Waals surface area contributed by atoms with Crippen LogP contribution in [0.1, 0.15) is 80.1 Å². The van der Waals surface area contributed by atoms with Gasteiger partial charge in [-0.2, -0.15) is 0 Å². The molecule has 4 heteroatoms. The highest BCUT2D eigenvalue weighted by Crippen LogP contribution is 2.38. The molecular weight excluding hydrogens is 230 g/mol. The Morgan fingerprint density at radius 3 is 2.72 bits per heavy atom. The lowest BCUT2D eigenvalue weighted by Gasteiger charge is -2.25. The Morgan fingerprint density at radius 1 is 1.44 bits per heavy atom. The molecule has 1 aliphatic rings. The lowest BCUT2D eigenvalue weighted by molar-refractivity contribution is 0.0691. The molecule has 1 aromatic heterocycles. The average molecular weight is 251 g/mol. The van der Waals surface area contributed by atoms with Gasteiger partial charge in [0.05, 0.1) is 0 Å². The van der Waals surface area contributed by atoms with Gasteiger partial charge in [-0.15, -0.1) is 0 Å². The fourth-order valence-corrected chi connectivity index (χ4v) is 2.89. The maximum atomic E-state index is 11.4. The van der Waals surface area contributed by atoms with Gasteiger partial charge in [0, 0.05) is 11.8 Å². The van der Waals surface area contributed by atoms with E-state index in [4.69, 9.17) is 4.52 Å². The summed E-state index contributed by atoms with van der Waals surface area (Å²) in [6.07, 6.45) is 4.42. The topological polar surface area (TPSA) is 63.3 Å². The van der Waals surface area contributed by atoms with Gasteiger partial charge in [-0.1, -0.05) is 38.8 Å². The highest BCUT2D eigenvalue weighted by molar-refractivity contribution is 5.90. The van der Waals surface area contributed by atoms with Crippen molar-refractivity contribution in [3.8, 4) is 0 Å². The molecule has 0 spiro atoms. The summed E-state index contributed by atoms with van der Waals surface area (Å²) in [5.41, 5.74) is 0.974. The molecule has 1 heterocycles. The van der Waals surface area contributed by atoms with E-state index in [1.165, 1.54) is 6.42 Å². The van der Waals surface area contributed by atoms with Crippen LogP contribution in [0.4, 0.5) is 0 Å². The summed E-state index contributed by atoms with van der Waals surface area (Å²) >= 11 is 0. The average Bonchev–Trinajstić information content (AvgIpc) is 2.73. The number of rotatable bonds is 3. The van der Waals surface area contributed by atoms with Gasteiger partial charge in [0.25, 0.3) is 0 Å². The molecule has 2 unspecified atom stereocenters. The minimum absolute atomic E-state index is 0.0540. The van der Waals surface area contributed by atoms with E-state index in [2.05, 4.69) is 12.1 Å². The van der Waals surface area contributed by atoms with Crippen molar-refractivity contribution >= 4 is 5.97 Å². The predicted molar refractivity (Wildman–Crippen MR) is 67.9 cm³/mol. The zero-order valence-electron chi connectivity index (χ0n) is 11.3. The summed E-state index contributed by atoms with van der Waals surface area (Å²) in [7, 11) is 0. The fourth-order valence-electron chi connectivity index (χ4n) is 2.89. The number of carboxylic acid groups (broad SMARTS) is 1. The summed E-state index contributed by atoms with van der Waals surface area (Å²) in [6, 6.07) is 0. The lowest BCUT2D eigenvalue weighted by Crippen LogP contribution is -2.15. The first-order chi connectivity index (χ1) is 8.50. The number of carboxylic acids is 1. The normalized spacial score (nSPS) is 24.4. The summed E-state index contributed by atoms with van der Waals surface area (Å²) < 4.78 is 5.28. The third kappa shape index (κ3) is 2.42. The second kappa shape index (κ2) is 5.12. The van der Waals surface area contributed by atoms with Crippen LogP contribution in [0.15, 0.2) is 4.52 Å². The van der Waals surface area contributed by atoms with E-state index in [-0.39, 0.29) is 11.8 Å². The first kappa shape index (κ1) is 13.1. The fraction of sp³-hybridized carbons (Fsp3) is 0.714. The van der Waals surface area contributed by atoms with E-state index < -0.39 is 5.97 Å². The Hall–Kier alpha value is -1.32. The van der Waals surface area contributed by atoms with Crippen molar-refractivity contribution in [3.05, 3.63) is 17.0 Å². The van der Waals surface area contributed by atoms with Gasteiger partial charge in [0.2, 0.25) is 0 Å². The molecule has 2 rings (SSSR count). The maximum absolute atomic E-state index is 11.4. The number of carbonyl (C=O) groups is 1. The number of hydrogen-bond acceptors (Lipinski definition) is 3. The molecule has 1 fully saturated rings. The van der Waals surface area contributed by atoms with Gasteiger partial charge in [-0.25, -0.2) is 4.79 Å². The molecule has 0 radical (unpaired) electrons. The zero-order chi connectivity index (χ0) is 13.3. The minimum Gasteiger partial charge on any atom is -0.477 e. The molecule has 100 valence electrons. The highest BCUT2D eigenvalue weighted by Gasteiger charge is 2.31. The van der Waals surface area contributed by atoms with Gasteiger partial charge in [0.15, 0.2) is 5.76 Å². The first-order valence-corrected chi connectivity index (χ1v) is 6.73. The molecule has 0 aliphatic heterocycles. The van der Waals surface area contributed by atoms with E-state index >= 15 is 0 Å². The number of nitrogens with zero attached hydrogens (tertiary/aromatic N) is 1. The van der Waals surface area contributed by atoms with Crippen molar-refractivity contribution in [1.82, 2.24) is 5.16 Å². The van der Waals surface area contributed by atoms with Crippen molar-refractivity contribution in [3.63, 3.8) is 0 Å². The third-order valence-corrected chi connectivity index (χ3v) is 3.81. The number of aromatic carboxylic acids is 1. The van der Waals surface area contributed by atoms with Gasteiger partial charge in [0.1, 0.15) is 11.3 Å². The smallest absolute Gasteiger partial charge is 0.341 e. The number of hydrogen-bond donors (Lipinski definition) is 1. The second-order valence-corrected chi connectivity index (χ2v) is 5.74. The Bertz CT molecular complexity index is 436. The number of aromatic nitrogens is 1. The van der Waals surface area contributed by atoms with Gasteiger partial charge in [-0.05, 0) is 18.8 Å². The van der Waals surface area contributed by atoms with Gasteiger partial charge >= 0.3 is 5.97 Å². The van der Waals surface area contributed by atoms with Crippen LogP contribution in [-0.2, 0) is 0 Å². The molecule has 1 N–H and O–H groups in total. The summed E-state index contributed by atoms with van der Waals surface area (Å²) in [5.74, 6) is 0.544. The van der Waals surface area contributed by atoms with Crippen molar-refractivity contribution in [2.24, 2.45) is 5.92 Å². The van der Waals surface area contributed by atoms with Crippen LogP contribution in [0.2, 0.25) is 0 Å². The van der Waals surface area contributed by atoms with Gasteiger partial charge < -0.3 is 9.63 Å². The van der Waals surface area contributed by atoms with Crippen molar-refractivity contribution in [2.45, 2.75) is 58.3 Å². The van der Waals surface area contributed by atoms with Crippen LogP contribution in [0.25, 0.3) is 0 Å². The minimum atomic E-state index is -0.909. The van der Waals surface area contributed by atoms with Crippen molar-refractivity contribution in [2.75, 3.05) is 0 Å². The van der Waals surface area contributed by atoms with E-state index in [0.717, 1.165) is 19.3 Å². The molecule has 1 saturated carbocycles. The molecular formula is C14H21NO3. The largest absolute Gasteiger partial charge is 0.477 e. The maximum Gasteiger partial charge on any atom is 0.341 e. The van der Waals surface area contributed by atoms with E-state index in [9.17, 15) is 9.90 Å². The highest BCUT2D eigenvalue weighted by atomic mass is 16.5.